The number of ether oxygens (including phenoxy) is 1. The van der Waals surface area contributed by atoms with E-state index in [0.29, 0.717) is 6.42 Å². The van der Waals surface area contributed by atoms with Crippen LogP contribution < -0.4 is 10.6 Å². The minimum absolute atomic E-state index is 0.0359. The van der Waals surface area contributed by atoms with E-state index in [0.717, 1.165) is 0 Å². The predicted molar refractivity (Wildman–Crippen MR) is 82.8 cm³/mol. The number of nitrogens with one attached hydrogen (secondary N) is 2. The van der Waals surface area contributed by atoms with Gasteiger partial charge in [-0.2, -0.15) is 0 Å². The lowest BCUT2D eigenvalue weighted by molar-refractivity contribution is -0.0138. The molecule has 5 atom stereocenters. The van der Waals surface area contributed by atoms with Crippen LogP contribution in [-0.4, -0.2) is 88.4 Å². The summed E-state index contributed by atoms with van der Waals surface area (Å²) < 4.78 is 4.76. The topological polar surface area (TPSA) is 152 Å². The molecule has 0 aliphatic rings. The van der Waals surface area contributed by atoms with Crippen molar-refractivity contribution in [1.82, 2.24) is 10.6 Å². The van der Waals surface area contributed by atoms with Gasteiger partial charge in [-0.1, -0.05) is 6.92 Å². The molecule has 0 rings (SSSR count). The van der Waals surface area contributed by atoms with E-state index in [1.54, 1.807) is 13.8 Å². The second-order valence-corrected chi connectivity index (χ2v) is 5.31. The highest BCUT2D eigenvalue weighted by Gasteiger charge is 2.24. The van der Waals surface area contributed by atoms with Crippen molar-refractivity contribution in [3.8, 4) is 0 Å². The minimum Gasteiger partial charge on any atom is -0.450 e. The first-order valence-electron chi connectivity index (χ1n) is 7.82. The maximum absolute atomic E-state index is 11.5. The fraction of sp³-hybridized carbons (Fsp3) is 0.929. The number of carbonyl (C=O) groups is 1. The molecule has 0 heterocycles. The van der Waals surface area contributed by atoms with E-state index in [9.17, 15) is 25.2 Å². The van der Waals surface area contributed by atoms with Crippen LogP contribution in [0.25, 0.3) is 0 Å². The van der Waals surface area contributed by atoms with Gasteiger partial charge in [-0.3, -0.25) is 0 Å². The van der Waals surface area contributed by atoms with Gasteiger partial charge in [0.25, 0.3) is 0 Å². The van der Waals surface area contributed by atoms with Gasteiger partial charge in [0.15, 0.2) is 0 Å². The fourth-order valence-corrected chi connectivity index (χ4v) is 1.86. The number of hydrogen-bond donors (Lipinski definition) is 7. The standard InChI is InChI=1S/C14H30N2O7/c1-3-9(18)5-11(19)10(16-14(22)23-4-2)6-15-7-12(20)13(21)8-17/h9-13,15,17-21H,3-8H2,1-2H3,(H,16,22). The molecule has 138 valence electrons. The van der Waals surface area contributed by atoms with Gasteiger partial charge in [-0.15, -0.1) is 0 Å². The average molecular weight is 338 g/mol. The van der Waals surface area contributed by atoms with Gasteiger partial charge >= 0.3 is 6.09 Å². The first-order chi connectivity index (χ1) is 10.8. The Hall–Kier alpha value is -0.970. The number of amides is 1. The fourth-order valence-electron chi connectivity index (χ4n) is 1.86. The van der Waals surface area contributed by atoms with Gasteiger partial charge in [0, 0.05) is 19.5 Å². The Kier molecular flexibility index (Phi) is 11.9. The Balaban J connectivity index is 4.49. The van der Waals surface area contributed by atoms with Crippen LogP contribution >= 0.6 is 0 Å². The summed E-state index contributed by atoms with van der Waals surface area (Å²) in [6.45, 7) is 3.09. The molecular formula is C14H30N2O7. The van der Waals surface area contributed by atoms with E-state index in [4.69, 9.17) is 9.84 Å². The Morgan fingerprint density at radius 2 is 1.70 bits per heavy atom. The van der Waals surface area contributed by atoms with E-state index < -0.39 is 43.2 Å². The SMILES string of the molecule is CCOC(=O)NC(CNCC(O)C(O)CO)C(O)CC(O)CC. The number of aliphatic hydroxyl groups excluding tert-OH is 5. The summed E-state index contributed by atoms with van der Waals surface area (Å²) in [6.07, 6.45) is -4.30. The molecule has 0 aliphatic heterocycles. The molecule has 1 amide bonds. The third-order valence-corrected chi connectivity index (χ3v) is 3.38. The zero-order valence-electron chi connectivity index (χ0n) is 13.7. The zero-order chi connectivity index (χ0) is 17.8. The lowest BCUT2D eigenvalue weighted by atomic mass is 10.0. The monoisotopic (exact) mass is 338 g/mol. The lowest BCUT2D eigenvalue weighted by Gasteiger charge is -2.26. The van der Waals surface area contributed by atoms with Crippen LogP contribution in [0.1, 0.15) is 26.7 Å². The Labute approximate surface area is 136 Å². The Morgan fingerprint density at radius 1 is 1.04 bits per heavy atom. The van der Waals surface area contributed by atoms with Crippen LogP contribution in [0.2, 0.25) is 0 Å². The van der Waals surface area contributed by atoms with E-state index >= 15 is 0 Å². The molecule has 23 heavy (non-hydrogen) atoms. The molecule has 0 aromatic carbocycles. The quantitative estimate of drug-likeness (QED) is 0.214. The van der Waals surface area contributed by atoms with Crippen LogP contribution in [0, 0.1) is 0 Å². The molecule has 0 fully saturated rings. The summed E-state index contributed by atoms with van der Waals surface area (Å²) in [7, 11) is 0. The number of alkyl carbamates (subject to hydrolysis) is 1. The molecule has 0 aromatic heterocycles. The third kappa shape index (κ3) is 9.69. The Bertz CT molecular complexity index is 320. The number of rotatable bonds is 12. The van der Waals surface area contributed by atoms with E-state index in [1.165, 1.54) is 0 Å². The molecule has 9 heteroatoms. The maximum Gasteiger partial charge on any atom is 0.407 e. The van der Waals surface area contributed by atoms with Crippen LogP contribution in [-0.2, 0) is 4.74 Å². The maximum atomic E-state index is 11.5. The molecular weight excluding hydrogens is 308 g/mol. The molecule has 0 saturated heterocycles. The normalized spacial score (nSPS) is 17.9. The van der Waals surface area contributed by atoms with Crippen LogP contribution in [0.3, 0.4) is 0 Å². The van der Waals surface area contributed by atoms with Crippen molar-refractivity contribution in [2.45, 2.75) is 57.1 Å². The summed E-state index contributed by atoms with van der Waals surface area (Å²) >= 11 is 0. The van der Waals surface area contributed by atoms with Crippen molar-refractivity contribution >= 4 is 6.09 Å². The lowest BCUT2D eigenvalue weighted by Crippen LogP contribution is -2.52. The molecule has 0 radical (unpaired) electrons. The van der Waals surface area contributed by atoms with Crippen molar-refractivity contribution in [2.75, 3.05) is 26.3 Å². The summed E-state index contributed by atoms with van der Waals surface area (Å²) in [4.78, 5) is 11.5. The van der Waals surface area contributed by atoms with Crippen LogP contribution in [0.5, 0.6) is 0 Å². The first-order valence-corrected chi connectivity index (χ1v) is 7.82. The van der Waals surface area contributed by atoms with E-state index in [2.05, 4.69) is 10.6 Å². The van der Waals surface area contributed by atoms with Crippen molar-refractivity contribution in [2.24, 2.45) is 0 Å². The van der Waals surface area contributed by atoms with Gasteiger partial charge < -0.3 is 40.9 Å². The first kappa shape index (κ1) is 22.0. The zero-order valence-corrected chi connectivity index (χ0v) is 13.7. The van der Waals surface area contributed by atoms with Gasteiger partial charge in [0.2, 0.25) is 0 Å². The number of aliphatic hydroxyl groups is 5. The molecule has 0 aromatic rings. The molecule has 7 N–H and O–H groups in total. The predicted octanol–water partition coefficient (Wildman–Crippen LogP) is -2.07. The van der Waals surface area contributed by atoms with E-state index in [-0.39, 0.29) is 26.1 Å². The third-order valence-electron chi connectivity index (χ3n) is 3.38. The summed E-state index contributed by atoms with van der Waals surface area (Å²) in [6, 6.07) is -0.742. The van der Waals surface area contributed by atoms with Crippen LogP contribution in [0.4, 0.5) is 4.79 Å². The summed E-state index contributed by atoms with van der Waals surface area (Å²) in [5, 5.41) is 52.5. The Morgan fingerprint density at radius 3 is 2.22 bits per heavy atom. The molecule has 0 bridgehead atoms. The molecule has 9 nitrogen and oxygen atoms in total. The van der Waals surface area contributed by atoms with Crippen molar-refractivity contribution in [3.63, 3.8) is 0 Å². The second kappa shape index (κ2) is 12.5. The van der Waals surface area contributed by atoms with Crippen LogP contribution in [0.15, 0.2) is 0 Å². The second-order valence-electron chi connectivity index (χ2n) is 5.31. The van der Waals surface area contributed by atoms with Gasteiger partial charge in [-0.05, 0) is 13.3 Å². The highest BCUT2D eigenvalue weighted by atomic mass is 16.5. The smallest absolute Gasteiger partial charge is 0.407 e. The molecule has 0 spiro atoms. The van der Waals surface area contributed by atoms with Gasteiger partial charge in [-0.25, -0.2) is 4.79 Å². The summed E-state index contributed by atoms with van der Waals surface area (Å²) in [5.41, 5.74) is 0. The highest BCUT2D eigenvalue weighted by molar-refractivity contribution is 5.67. The van der Waals surface area contributed by atoms with E-state index in [1.807, 2.05) is 0 Å². The van der Waals surface area contributed by atoms with Gasteiger partial charge in [0.05, 0.1) is 37.6 Å². The molecule has 5 unspecified atom stereocenters. The highest BCUT2D eigenvalue weighted by Crippen LogP contribution is 2.06. The van der Waals surface area contributed by atoms with Crippen molar-refractivity contribution in [3.05, 3.63) is 0 Å². The summed E-state index contributed by atoms with van der Waals surface area (Å²) in [5.74, 6) is 0. The number of carbonyl (C=O) groups excluding carboxylic acids is 1. The minimum atomic E-state index is -1.27. The molecule has 0 aliphatic carbocycles. The van der Waals surface area contributed by atoms with Crippen molar-refractivity contribution < 1.29 is 35.1 Å². The molecule has 0 saturated carbocycles. The largest absolute Gasteiger partial charge is 0.450 e. The number of hydrogen-bond acceptors (Lipinski definition) is 8. The van der Waals surface area contributed by atoms with Gasteiger partial charge in [0.1, 0.15) is 6.10 Å². The average Bonchev–Trinajstić information content (AvgIpc) is 2.52. The van der Waals surface area contributed by atoms with Crippen molar-refractivity contribution in [1.29, 1.82) is 0 Å².